The highest BCUT2D eigenvalue weighted by Crippen LogP contribution is 2.33. The molecule has 1 saturated carbocycles. The second-order valence-electron chi connectivity index (χ2n) is 9.15. The van der Waals surface area contributed by atoms with Crippen molar-refractivity contribution in [2.24, 2.45) is 11.8 Å². The van der Waals surface area contributed by atoms with E-state index in [1.165, 1.54) is 0 Å². The van der Waals surface area contributed by atoms with E-state index in [1.807, 2.05) is 10.7 Å². The summed E-state index contributed by atoms with van der Waals surface area (Å²) in [5.74, 6) is 1.04. The molecule has 3 heterocycles. The van der Waals surface area contributed by atoms with Crippen LogP contribution in [0.25, 0.3) is 11.0 Å². The minimum atomic E-state index is 0.134. The Labute approximate surface area is 182 Å². The van der Waals surface area contributed by atoms with Crippen molar-refractivity contribution in [3.63, 3.8) is 0 Å². The highest BCUT2D eigenvalue weighted by molar-refractivity contribution is 5.81. The molecule has 2 aliphatic carbocycles. The summed E-state index contributed by atoms with van der Waals surface area (Å²) in [7, 11) is 0. The number of piperidine rings is 1. The second-order valence-corrected chi connectivity index (χ2v) is 9.15. The number of nitrogens with one attached hydrogen (secondary N) is 1. The first-order valence-electron chi connectivity index (χ1n) is 11.7. The Morgan fingerprint density at radius 1 is 1.13 bits per heavy atom. The minimum absolute atomic E-state index is 0.134. The number of rotatable bonds is 6. The summed E-state index contributed by atoms with van der Waals surface area (Å²) in [4.78, 5) is 31.7. The molecule has 2 atom stereocenters. The van der Waals surface area contributed by atoms with Gasteiger partial charge in [0, 0.05) is 49.0 Å². The summed E-state index contributed by atoms with van der Waals surface area (Å²) in [6.07, 6.45) is 13.0. The smallest absolute Gasteiger partial charge is 0.226 e. The van der Waals surface area contributed by atoms with Gasteiger partial charge in [0.15, 0.2) is 5.65 Å². The Morgan fingerprint density at radius 3 is 2.84 bits per heavy atom. The van der Waals surface area contributed by atoms with E-state index in [0.29, 0.717) is 19.0 Å². The largest absolute Gasteiger partial charge is 0.354 e. The summed E-state index contributed by atoms with van der Waals surface area (Å²) in [6.45, 7) is 2.75. The summed E-state index contributed by atoms with van der Waals surface area (Å²) < 4.78 is 1.92. The Bertz CT molecular complexity index is 993. The lowest BCUT2D eigenvalue weighted by Gasteiger charge is -2.35. The molecule has 2 aromatic rings. The first-order chi connectivity index (χ1) is 15.2. The molecule has 2 fully saturated rings. The number of hydrogen-bond acceptors (Lipinski definition) is 4. The SMILES string of the molecule is O=C(NCCn1nc([C@H]2CCCN(C(=O)[C@@H]3CC=CCC3)C2)c2cccnc21)C1CC1. The van der Waals surface area contributed by atoms with E-state index < -0.39 is 0 Å². The van der Waals surface area contributed by atoms with Gasteiger partial charge in [0.05, 0.1) is 12.2 Å². The summed E-state index contributed by atoms with van der Waals surface area (Å²) >= 11 is 0. The third-order valence-electron chi connectivity index (χ3n) is 6.84. The molecule has 0 radical (unpaired) electrons. The summed E-state index contributed by atoms with van der Waals surface area (Å²) in [5.41, 5.74) is 1.90. The number of likely N-dealkylation sites (tertiary alicyclic amines) is 1. The molecule has 1 aliphatic heterocycles. The van der Waals surface area contributed by atoms with Gasteiger partial charge in [0.25, 0.3) is 0 Å². The predicted molar refractivity (Wildman–Crippen MR) is 118 cm³/mol. The molecule has 1 N–H and O–H groups in total. The number of nitrogens with zero attached hydrogens (tertiary/aromatic N) is 4. The van der Waals surface area contributed by atoms with Crippen molar-refractivity contribution in [2.75, 3.05) is 19.6 Å². The van der Waals surface area contributed by atoms with Crippen molar-refractivity contribution in [3.05, 3.63) is 36.2 Å². The second kappa shape index (κ2) is 8.81. The Balaban J connectivity index is 1.31. The van der Waals surface area contributed by atoms with Gasteiger partial charge < -0.3 is 10.2 Å². The van der Waals surface area contributed by atoms with Gasteiger partial charge in [-0.2, -0.15) is 5.10 Å². The third kappa shape index (κ3) is 4.36. The van der Waals surface area contributed by atoms with Gasteiger partial charge in [0.1, 0.15) is 0 Å². The standard InChI is InChI=1S/C24H31N5O2/c30-23(17-10-11-17)26-13-15-29-22-20(9-4-12-25-22)21(27-29)19-8-5-14-28(16-19)24(31)18-6-2-1-3-7-18/h1-2,4,9,12,17-19H,3,5-8,10-11,13-16H2,(H,26,30)/t18-,19+/m1/s1. The maximum absolute atomic E-state index is 13.1. The van der Waals surface area contributed by atoms with Gasteiger partial charge in [-0.05, 0) is 57.1 Å². The zero-order valence-corrected chi connectivity index (χ0v) is 18.0. The van der Waals surface area contributed by atoms with Crippen LogP contribution in [0.3, 0.4) is 0 Å². The molecular weight excluding hydrogens is 390 g/mol. The lowest BCUT2D eigenvalue weighted by atomic mass is 9.89. The quantitative estimate of drug-likeness (QED) is 0.727. The Kier molecular flexibility index (Phi) is 5.74. The molecule has 2 aromatic heterocycles. The number of hydrogen-bond donors (Lipinski definition) is 1. The number of carbonyl (C=O) groups excluding carboxylic acids is 2. The summed E-state index contributed by atoms with van der Waals surface area (Å²) in [5, 5.41) is 9.01. The molecule has 7 nitrogen and oxygen atoms in total. The molecule has 31 heavy (non-hydrogen) atoms. The van der Waals surface area contributed by atoms with Gasteiger partial charge in [0.2, 0.25) is 11.8 Å². The first kappa shape index (κ1) is 20.2. The van der Waals surface area contributed by atoms with Crippen LogP contribution in [0.1, 0.15) is 56.6 Å². The van der Waals surface area contributed by atoms with Crippen molar-refractivity contribution < 1.29 is 9.59 Å². The van der Waals surface area contributed by atoms with E-state index >= 15 is 0 Å². The van der Waals surface area contributed by atoms with Crippen LogP contribution in [0.4, 0.5) is 0 Å². The normalized spacial score (nSPS) is 23.8. The molecule has 0 spiro atoms. The minimum Gasteiger partial charge on any atom is -0.354 e. The zero-order chi connectivity index (χ0) is 21.2. The van der Waals surface area contributed by atoms with Gasteiger partial charge >= 0.3 is 0 Å². The van der Waals surface area contributed by atoms with Crippen molar-refractivity contribution in [1.82, 2.24) is 25.0 Å². The average Bonchev–Trinajstić information content (AvgIpc) is 3.61. The number of amides is 2. The van der Waals surface area contributed by atoms with Gasteiger partial charge in [-0.15, -0.1) is 0 Å². The fraction of sp³-hybridized carbons (Fsp3) is 0.583. The molecule has 2 amide bonds. The first-order valence-corrected chi connectivity index (χ1v) is 11.7. The van der Waals surface area contributed by atoms with Gasteiger partial charge in [-0.25, -0.2) is 9.67 Å². The highest BCUT2D eigenvalue weighted by Gasteiger charge is 2.32. The van der Waals surface area contributed by atoms with Crippen LogP contribution in [0.5, 0.6) is 0 Å². The van der Waals surface area contributed by atoms with Crippen LogP contribution in [-0.4, -0.2) is 51.1 Å². The molecule has 7 heteroatoms. The van der Waals surface area contributed by atoms with Crippen molar-refractivity contribution in [1.29, 1.82) is 0 Å². The molecule has 0 bridgehead atoms. The monoisotopic (exact) mass is 421 g/mol. The maximum Gasteiger partial charge on any atom is 0.226 e. The number of pyridine rings is 1. The van der Waals surface area contributed by atoms with E-state index in [2.05, 4.69) is 33.4 Å². The summed E-state index contributed by atoms with van der Waals surface area (Å²) in [6, 6.07) is 4.03. The average molecular weight is 422 g/mol. The number of carbonyl (C=O) groups is 2. The molecule has 1 saturated heterocycles. The van der Waals surface area contributed by atoms with E-state index in [1.54, 1.807) is 6.20 Å². The number of allylic oxidation sites excluding steroid dienone is 2. The van der Waals surface area contributed by atoms with Crippen LogP contribution in [0, 0.1) is 11.8 Å². The van der Waals surface area contributed by atoms with Crippen LogP contribution in [0.15, 0.2) is 30.5 Å². The lowest BCUT2D eigenvalue weighted by Crippen LogP contribution is -2.42. The van der Waals surface area contributed by atoms with Gasteiger partial charge in [-0.1, -0.05) is 12.2 Å². The van der Waals surface area contributed by atoms with E-state index in [4.69, 9.17) is 5.10 Å². The van der Waals surface area contributed by atoms with Crippen LogP contribution in [-0.2, 0) is 16.1 Å². The highest BCUT2D eigenvalue weighted by atomic mass is 16.2. The van der Waals surface area contributed by atoms with E-state index in [0.717, 1.165) is 74.8 Å². The topological polar surface area (TPSA) is 80.1 Å². The Morgan fingerprint density at radius 2 is 2.03 bits per heavy atom. The van der Waals surface area contributed by atoms with Crippen LogP contribution < -0.4 is 5.32 Å². The lowest BCUT2D eigenvalue weighted by molar-refractivity contribution is -0.137. The van der Waals surface area contributed by atoms with Crippen molar-refractivity contribution in [3.8, 4) is 0 Å². The maximum atomic E-state index is 13.1. The fourth-order valence-corrected chi connectivity index (χ4v) is 4.94. The molecule has 3 aliphatic rings. The zero-order valence-electron chi connectivity index (χ0n) is 18.0. The van der Waals surface area contributed by atoms with Gasteiger partial charge in [-0.3, -0.25) is 9.59 Å². The van der Waals surface area contributed by atoms with Crippen LogP contribution in [0.2, 0.25) is 0 Å². The van der Waals surface area contributed by atoms with E-state index in [-0.39, 0.29) is 23.7 Å². The molecule has 0 aromatic carbocycles. The number of fused-ring (bicyclic) bond motifs is 1. The number of aromatic nitrogens is 3. The Hall–Kier alpha value is -2.70. The molecule has 164 valence electrons. The molecular formula is C24H31N5O2. The van der Waals surface area contributed by atoms with Crippen molar-refractivity contribution >= 4 is 22.8 Å². The third-order valence-corrected chi connectivity index (χ3v) is 6.84. The molecule has 0 unspecified atom stereocenters. The molecule has 5 rings (SSSR count). The van der Waals surface area contributed by atoms with Crippen molar-refractivity contribution in [2.45, 2.75) is 57.4 Å². The van der Waals surface area contributed by atoms with E-state index in [9.17, 15) is 9.59 Å². The fourth-order valence-electron chi connectivity index (χ4n) is 4.94. The van der Waals surface area contributed by atoms with Crippen LogP contribution >= 0.6 is 0 Å². The predicted octanol–water partition coefficient (Wildman–Crippen LogP) is 3.02.